The molecule has 0 aromatic carbocycles. The third-order valence-electron chi connectivity index (χ3n) is 2.84. The molecule has 0 heterocycles. The molecule has 0 spiro atoms. The average molecular weight is 214 g/mol. The third kappa shape index (κ3) is 5.17. The molecule has 0 aromatic heterocycles. The summed E-state index contributed by atoms with van der Waals surface area (Å²) >= 11 is 0. The van der Waals surface area contributed by atoms with Crippen LogP contribution in [0.25, 0.3) is 0 Å². The molecule has 0 bridgehead atoms. The number of hydrogen-bond acceptors (Lipinski definition) is 3. The van der Waals surface area contributed by atoms with Crippen LogP contribution in [0.1, 0.15) is 35.5 Å². The first-order valence-electron chi connectivity index (χ1n) is 5.26. The van der Waals surface area contributed by atoms with Gasteiger partial charge >= 0.3 is 0 Å². The zero-order valence-corrected chi connectivity index (χ0v) is 10.6. The standard InChI is InChI=1S/C12H24N2O.H2/c1-7-11(2,3)10-12(4,5)14(6)8-9-15-13;/h1H,8-10,13H2,2-6H3;1H. The Morgan fingerprint density at radius 2 is 1.93 bits per heavy atom. The van der Waals surface area contributed by atoms with Crippen LogP contribution < -0.4 is 5.90 Å². The van der Waals surface area contributed by atoms with E-state index in [4.69, 9.17) is 12.3 Å². The largest absolute Gasteiger partial charge is 0.303 e. The van der Waals surface area contributed by atoms with Crippen molar-refractivity contribution in [3.8, 4) is 12.3 Å². The van der Waals surface area contributed by atoms with Gasteiger partial charge in [0.2, 0.25) is 0 Å². The van der Waals surface area contributed by atoms with E-state index < -0.39 is 0 Å². The molecule has 0 aliphatic heterocycles. The predicted octanol–water partition coefficient (Wildman–Crippen LogP) is 1.88. The summed E-state index contributed by atoms with van der Waals surface area (Å²) in [6, 6.07) is 0. The molecule has 0 fully saturated rings. The van der Waals surface area contributed by atoms with Crippen LogP contribution in [0.2, 0.25) is 0 Å². The van der Waals surface area contributed by atoms with Crippen molar-refractivity contribution in [2.24, 2.45) is 11.3 Å². The van der Waals surface area contributed by atoms with Gasteiger partial charge in [0.15, 0.2) is 0 Å². The van der Waals surface area contributed by atoms with Gasteiger partial charge in [-0.1, -0.05) is 0 Å². The Labute approximate surface area is 95.4 Å². The Hall–Kier alpha value is -0.560. The normalized spacial score (nSPS) is 12.9. The van der Waals surface area contributed by atoms with Crippen LogP contribution in [0.3, 0.4) is 0 Å². The van der Waals surface area contributed by atoms with Crippen molar-refractivity contribution < 1.29 is 6.26 Å². The molecule has 0 amide bonds. The lowest BCUT2D eigenvalue weighted by molar-refractivity contribution is 0.0601. The lowest BCUT2D eigenvalue weighted by atomic mass is 9.80. The van der Waals surface area contributed by atoms with Gasteiger partial charge in [-0.2, -0.15) is 0 Å². The lowest BCUT2D eigenvalue weighted by Gasteiger charge is -2.39. The van der Waals surface area contributed by atoms with E-state index in [1.165, 1.54) is 0 Å². The van der Waals surface area contributed by atoms with E-state index in [1.54, 1.807) is 0 Å². The van der Waals surface area contributed by atoms with E-state index in [9.17, 15) is 0 Å². The summed E-state index contributed by atoms with van der Waals surface area (Å²) in [5.74, 6) is 7.84. The molecule has 0 aliphatic rings. The molecular formula is C12H26N2O. The second-order valence-corrected chi connectivity index (χ2v) is 5.31. The number of hydrogen-bond donors (Lipinski definition) is 1. The van der Waals surface area contributed by atoms with Gasteiger partial charge in [0, 0.05) is 18.9 Å². The van der Waals surface area contributed by atoms with Crippen molar-refractivity contribution in [3.05, 3.63) is 0 Å². The molecule has 2 N–H and O–H groups in total. The van der Waals surface area contributed by atoms with Crippen molar-refractivity contribution in [1.29, 1.82) is 0 Å². The third-order valence-corrected chi connectivity index (χ3v) is 2.84. The quantitative estimate of drug-likeness (QED) is 0.542. The maximum absolute atomic E-state index is 5.50. The summed E-state index contributed by atoms with van der Waals surface area (Å²) in [5, 5.41) is 0. The van der Waals surface area contributed by atoms with Crippen LogP contribution in [0.15, 0.2) is 0 Å². The molecule has 0 atom stereocenters. The Morgan fingerprint density at radius 1 is 1.40 bits per heavy atom. The maximum Gasteiger partial charge on any atom is 0.0806 e. The number of nitrogens with zero attached hydrogens (tertiary/aromatic N) is 1. The van der Waals surface area contributed by atoms with Gasteiger partial charge in [-0.3, -0.25) is 4.90 Å². The molecule has 0 saturated heterocycles. The van der Waals surface area contributed by atoms with E-state index in [0.717, 1.165) is 13.0 Å². The van der Waals surface area contributed by atoms with Crippen molar-refractivity contribution in [2.45, 2.75) is 39.7 Å². The summed E-state index contributed by atoms with van der Waals surface area (Å²) in [5.41, 5.74) is -0.0320. The van der Waals surface area contributed by atoms with Crippen LogP contribution in [0, 0.1) is 17.8 Å². The van der Waals surface area contributed by atoms with Crippen LogP contribution in [-0.4, -0.2) is 30.6 Å². The number of likely N-dealkylation sites (N-methyl/N-ethyl adjacent to an activating group) is 1. The van der Waals surface area contributed by atoms with Gasteiger partial charge in [0.05, 0.1) is 6.61 Å². The van der Waals surface area contributed by atoms with Gasteiger partial charge in [-0.15, -0.1) is 12.3 Å². The SMILES string of the molecule is C#CC(C)(C)CC(C)(C)N(C)CCON.[HH]. The Balaban J connectivity index is 0. The van der Waals surface area contributed by atoms with Gasteiger partial charge in [0.25, 0.3) is 0 Å². The monoisotopic (exact) mass is 214 g/mol. The van der Waals surface area contributed by atoms with Crippen LogP contribution in [0.4, 0.5) is 0 Å². The van der Waals surface area contributed by atoms with Crippen LogP contribution in [-0.2, 0) is 4.84 Å². The fourth-order valence-corrected chi connectivity index (χ4v) is 1.76. The molecule has 0 rings (SSSR count). The molecule has 0 aromatic rings. The van der Waals surface area contributed by atoms with E-state index in [1.807, 2.05) is 0 Å². The summed E-state index contributed by atoms with van der Waals surface area (Å²) < 4.78 is 0. The number of terminal acetylenes is 1. The van der Waals surface area contributed by atoms with E-state index in [0.29, 0.717) is 6.61 Å². The topological polar surface area (TPSA) is 38.5 Å². The summed E-state index contributed by atoms with van der Waals surface area (Å²) in [6.45, 7) is 9.88. The highest BCUT2D eigenvalue weighted by molar-refractivity contribution is 5.04. The summed E-state index contributed by atoms with van der Waals surface area (Å²) in [6.07, 6.45) is 6.44. The van der Waals surface area contributed by atoms with E-state index >= 15 is 0 Å². The second kappa shape index (κ2) is 5.50. The van der Waals surface area contributed by atoms with Crippen LogP contribution >= 0.6 is 0 Å². The second-order valence-electron chi connectivity index (χ2n) is 5.31. The minimum atomic E-state index is -0.0820. The Morgan fingerprint density at radius 3 is 2.33 bits per heavy atom. The van der Waals surface area contributed by atoms with Crippen LogP contribution in [0.5, 0.6) is 0 Å². The lowest BCUT2D eigenvalue weighted by Crippen LogP contribution is -2.45. The van der Waals surface area contributed by atoms with Crippen molar-refractivity contribution in [2.75, 3.05) is 20.2 Å². The first kappa shape index (κ1) is 14.4. The summed E-state index contributed by atoms with van der Waals surface area (Å²) in [4.78, 5) is 6.80. The van der Waals surface area contributed by atoms with Crippen molar-refractivity contribution in [1.82, 2.24) is 4.90 Å². The Kier molecular flexibility index (Phi) is 5.30. The van der Waals surface area contributed by atoms with Gasteiger partial charge in [-0.25, -0.2) is 5.90 Å². The van der Waals surface area contributed by atoms with Crippen molar-refractivity contribution >= 4 is 0 Å². The number of nitrogens with two attached hydrogens (primary N) is 1. The first-order chi connectivity index (χ1) is 6.75. The molecule has 3 nitrogen and oxygen atoms in total. The van der Waals surface area contributed by atoms with E-state index in [-0.39, 0.29) is 12.4 Å². The summed E-state index contributed by atoms with van der Waals surface area (Å²) in [7, 11) is 2.06. The average Bonchev–Trinajstić information content (AvgIpc) is 2.12. The molecule has 0 unspecified atom stereocenters. The molecule has 0 aliphatic carbocycles. The highest BCUT2D eigenvalue weighted by atomic mass is 16.6. The maximum atomic E-state index is 5.50. The molecule has 90 valence electrons. The van der Waals surface area contributed by atoms with E-state index in [2.05, 4.69) is 50.4 Å². The highest BCUT2D eigenvalue weighted by Crippen LogP contribution is 2.30. The molecule has 3 heteroatoms. The van der Waals surface area contributed by atoms with Crippen molar-refractivity contribution in [3.63, 3.8) is 0 Å². The van der Waals surface area contributed by atoms with Gasteiger partial charge in [-0.05, 0) is 41.2 Å². The zero-order valence-electron chi connectivity index (χ0n) is 10.6. The predicted molar refractivity (Wildman–Crippen MR) is 66.2 cm³/mol. The minimum Gasteiger partial charge on any atom is -0.303 e. The fraction of sp³-hybridized carbons (Fsp3) is 0.833. The number of rotatable bonds is 6. The first-order valence-corrected chi connectivity index (χ1v) is 5.26. The molecule has 0 saturated carbocycles. The minimum absolute atomic E-state index is 0. The fourth-order valence-electron chi connectivity index (χ4n) is 1.76. The highest BCUT2D eigenvalue weighted by Gasteiger charge is 2.30. The molecular weight excluding hydrogens is 188 g/mol. The molecule has 0 radical (unpaired) electrons. The van der Waals surface area contributed by atoms with Gasteiger partial charge in [0.1, 0.15) is 0 Å². The Bertz CT molecular complexity index is 234. The smallest absolute Gasteiger partial charge is 0.0806 e. The molecule has 15 heavy (non-hydrogen) atoms. The zero-order chi connectivity index (χ0) is 12.1. The van der Waals surface area contributed by atoms with Gasteiger partial charge < -0.3 is 4.84 Å².